The number of carbonyl (C=O) groups excluding carboxylic acids is 5. The van der Waals surface area contributed by atoms with Crippen LogP contribution in [-0.4, -0.2) is 83.6 Å². The van der Waals surface area contributed by atoms with Crippen LogP contribution in [0.5, 0.6) is 11.5 Å². The number of ketones is 2. The number of nitrogens with zero attached hydrogens (tertiary/aromatic N) is 2. The van der Waals surface area contributed by atoms with Gasteiger partial charge in [-0.1, -0.05) is 66.7 Å². The molecule has 12 heteroatoms. The van der Waals surface area contributed by atoms with Crippen molar-refractivity contribution in [3.8, 4) is 22.8 Å². The van der Waals surface area contributed by atoms with Crippen molar-refractivity contribution in [3.05, 3.63) is 103 Å². The number of nitrogens with two attached hydrogens (primary N) is 1. The van der Waals surface area contributed by atoms with Gasteiger partial charge in [-0.15, -0.1) is 6.58 Å². The van der Waals surface area contributed by atoms with Crippen molar-refractivity contribution in [2.24, 2.45) is 11.7 Å². The summed E-state index contributed by atoms with van der Waals surface area (Å²) >= 11 is 0. The maximum Gasteiger partial charge on any atom is 0.246 e. The van der Waals surface area contributed by atoms with E-state index in [2.05, 4.69) is 17.2 Å². The Morgan fingerprint density at radius 2 is 1.74 bits per heavy atom. The molecule has 2 aliphatic rings. The van der Waals surface area contributed by atoms with Crippen LogP contribution in [0.15, 0.2) is 97.6 Å². The summed E-state index contributed by atoms with van der Waals surface area (Å²) in [6.45, 7) is 3.77. The van der Waals surface area contributed by atoms with Crippen LogP contribution in [0.25, 0.3) is 22.2 Å². The zero-order chi connectivity index (χ0) is 37.5. The minimum Gasteiger partial charge on any atom is -0.497 e. The number of methoxy groups -OCH3 is 1. The Morgan fingerprint density at radius 3 is 2.42 bits per heavy atom. The highest BCUT2D eigenvalue weighted by Gasteiger charge is 2.60. The minimum absolute atomic E-state index is 0.0109. The molecule has 274 valence electrons. The number of ether oxygens (including phenoxy) is 2. The Labute approximate surface area is 307 Å². The molecule has 53 heavy (non-hydrogen) atoms. The predicted octanol–water partition coefficient (Wildman–Crippen LogP) is 3.56. The number of carbonyl (C=O) groups is 5. The van der Waals surface area contributed by atoms with Crippen molar-refractivity contribution in [1.29, 1.82) is 0 Å². The Hall–Kier alpha value is -5.88. The van der Waals surface area contributed by atoms with Crippen molar-refractivity contribution < 1.29 is 33.4 Å². The zero-order valence-corrected chi connectivity index (χ0v) is 29.6. The van der Waals surface area contributed by atoms with Gasteiger partial charge in [-0.05, 0) is 30.5 Å². The van der Waals surface area contributed by atoms with Gasteiger partial charge in [-0.3, -0.25) is 24.0 Å². The number of fused-ring (bicyclic) bond motifs is 1. The molecule has 3 amide bonds. The van der Waals surface area contributed by atoms with Crippen LogP contribution in [-0.2, 0) is 30.4 Å². The lowest BCUT2D eigenvalue weighted by Crippen LogP contribution is -2.56. The second-order valence-corrected chi connectivity index (χ2v) is 13.4. The fraction of sp³-hybridized carbons (Fsp3) is 0.317. The van der Waals surface area contributed by atoms with Crippen molar-refractivity contribution >= 4 is 40.2 Å². The Morgan fingerprint density at radius 1 is 1.00 bits per heavy atom. The Balaban J connectivity index is 1.12. The lowest BCUT2D eigenvalue weighted by atomic mass is 10.0. The molecule has 0 spiro atoms. The van der Waals surface area contributed by atoms with Crippen LogP contribution >= 0.6 is 0 Å². The average Bonchev–Trinajstić information content (AvgIpc) is 3.74. The standard InChI is InChI=1S/C41H43N5O7/c1-3-28-23-41(28,40(51)43-18-10-15-35(47)36(48)19-26-11-6-4-7-12-26)45-39(50)34-21-30(25-46(34)38(49)24-42)53-37-22-32(27-13-8-5-9-14-27)44-33-20-29(52-2)16-17-31(33)37/h3-9,11-14,16-17,20,22,28,30,34H,1,10,15,18-19,21,23-25,42H2,2H3,(H,43,51)(H,45,50). The van der Waals surface area contributed by atoms with E-state index in [0.717, 1.165) is 16.5 Å². The van der Waals surface area contributed by atoms with Gasteiger partial charge in [-0.25, -0.2) is 4.98 Å². The number of nitrogens with one attached hydrogen (secondary N) is 2. The highest BCUT2D eigenvalue weighted by Crippen LogP contribution is 2.45. The molecule has 4 atom stereocenters. The van der Waals surface area contributed by atoms with Gasteiger partial charge >= 0.3 is 0 Å². The quantitative estimate of drug-likeness (QED) is 0.0892. The van der Waals surface area contributed by atoms with E-state index in [1.165, 1.54) is 4.90 Å². The molecule has 0 bridgehead atoms. The summed E-state index contributed by atoms with van der Waals surface area (Å²) in [7, 11) is 1.58. The number of pyridine rings is 1. The highest BCUT2D eigenvalue weighted by atomic mass is 16.5. The minimum atomic E-state index is -1.26. The Kier molecular flexibility index (Phi) is 11.3. The first-order valence-corrected chi connectivity index (χ1v) is 17.7. The molecule has 12 nitrogen and oxygen atoms in total. The van der Waals surface area contributed by atoms with E-state index in [1.807, 2.05) is 72.8 Å². The maximum absolute atomic E-state index is 13.9. The number of hydrogen-bond donors (Lipinski definition) is 3. The summed E-state index contributed by atoms with van der Waals surface area (Å²) in [5, 5.41) is 6.47. The van der Waals surface area contributed by atoms with Crippen LogP contribution in [0.2, 0.25) is 0 Å². The molecule has 3 aromatic carbocycles. The van der Waals surface area contributed by atoms with E-state index in [1.54, 1.807) is 25.3 Å². The Bertz CT molecular complexity index is 2020. The number of amides is 3. The number of likely N-dealkylation sites (tertiary alicyclic amines) is 1. The third kappa shape index (κ3) is 8.28. The zero-order valence-electron chi connectivity index (χ0n) is 29.6. The molecule has 1 aliphatic carbocycles. The van der Waals surface area contributed by atoms with Crippen LogP contribution in [0.1, 0.15) is 31.2 Å². The molecular weight excluding hydrogens is 674 g/mol. The van der Waals surface area contributed by atoms with Crippen LogP contribution < -0.4 is 25.8 Å². The molecule has 2 heterocycles. The topological polar surface area (TPSA) is 170 Å². The van der Waals surface area contributed by atoms with Crippen LogP contribution in [0.3, 0.4) is 0 Å². The van der Waals surface area contributed by atoms with Crippen molar-refractivity contribution in [3.63, 3.8) is 0 Å². The van der Waals surface area contributed by atoms with Gasteiger partial charge < -0.3 is 30.7 Å². The summed E-state index contributed by atoms with van der Waals surface area (Å²) in [6.07, 6.45) is 1.81. The van der Waals surface area contributed by atoms with Crippen molar-refractivity contribution in [2.75, 3.05) is 26.7 Å². The van der Waals surface area contributed by atoms with Gasteiger partial charge in [0.25, 0.3) is 0 Å². The summed E-state index contributed by atoms with van der Waals surface area (Å²) in [5.41, 5.74) is 7.50. The van der Waals surface area contributed by atoms with Gasteiger partial charge in [0.2, 0.25) is 23.5 Å². The molecule has 4 unspecified atom stereocenters. The van der Waals surface area contributed by atoms with E-state index in [4.69, 9.17) is 20.2 Å². The summed E-state index contributed by atoms with van der Waals surface area (Å²) < 4.78 is 12.0. The third-order valence-electron chi connectivity index (χ3n) is 9.84. The molecule has 6 rings (SSSR count). The SMILES string of the molecule is C=CC1CC1(NC(=O)C1CC(Oc2cc(-c3ccccc3)nc3cc(OC)ccc23)CN1C(=O)CN)C(=O)NCCCC(=O)C(=O)Cc1ccccc1. The van der Waals surface area contributed by atoms with Crippen molar-refractivity contribution in [2.45, 2.75) is 49.8 Å². The second-order valence-electron chi connectivity index (χ2n) is 13.4. The molecule has 4 N–H and O–H groups in total. The monoisotopic (exact) mass is 717 g/mol. The normalized spacial score (nSPS) is 20.3. The third-order valence-corrected chi connectivity index (χ3v) is 9.84. The fourth-order valence-corrected chi connectivity index (χ4v) is 6.83. The summed E-state index contributed by atoms with van der Waals surface area (Å²) in [5.74, 6) is -1.49. The number of benzene rings is 3. The molecule has 2 fully saturated rings. The van der Waals surface area contributed by atoms with E-state index in [0.29, 0.717) is 29.1 Å². The van der Waals surface area contributed by atoms with Crippen molar-refractivity contribution in [1.82, 2.24) is 20.5 Å². The van der Waals surface area contributed by atoms with E-state index in [9.17, 15) is 24.0 Å². The fourth-order valence-electron chi connectivity index (χ4n) is 6.83. The van der Waals surface area contributed by atoms with Gasteiger partial charge in [-0.2, -0.15) is 0 Å². The summed E-state index contributed by atoms with van der Waals surface area (Å²) in [4.78, 5) is 71.5. The largest absolute Gasteiger partial charge is 0.497 e. The van der Waals surface area contributed by atoms with Crippen LogP contribution in [0, 0.1) is 5.92 Å². The molecular formula is C41H43N5O7. The van der Waals surface area contributed by atoms with Gasteiger partial charge in [0.05, 0.1) is 31.4 Å². The van der Waals surface area contributed by atoms with Gasteiger partial charge in [0, 0.05) is 54.8 Å². The average molecular weight is 718 g/mol. The first kappa shape index (κ1) is 36.9. The number of aromatic nitrogens is 1. The first-order valence-electron chi connectivity index (χ1n) is 17.7. The second kappa shape index (κ2) is 16.2. The first-order chi connectivity index (χ1) is 25.6. The van der Waals surface area contributed by atoms with Gasteiger partial charge in [0.15, 0.2) is 5.78 Å². The lowest BCUT2D eigenvalue weighted by molar-refractivity contribution is -0.139. The van der Waals surface area contributed by atoms with E-state index < -0.39 is 47.0 Å². The molecule has 1 saturated carbocycles. The number of hydrogen-bond acceptors (Lipinski definition) is 9. The lowest BCUT2D eigenvalue weighted by Gasteiger charge is -2.26. The smallest absolute Gasteiger partial charge is 0.246 e. The molecule has 1 aromatic heterocycles. The number of Topliss-reactive ketones (excluding diaryl/α,β-unsaturated/α-hetero) is 2. The van der Waals surface area contributed by atoms with E-state index in [-0.39, 0.29) is 51.2 Å². The highest BCUT2D eigenvalue weighted by molar-refractivity contribution is 6.37. The molecule has 1 aliphatic heterocycles. The van der Waals surface area contributed by atoms with E-state index >= 15 is 0 Å². The summed E-state index contributed by atoms with van der Waals surface area (Å²) in [6, 6.07) is 25.1. The predicted molar refractivity (Wildman–Crippen MR) is 199 cm³/mol. The van der Waals surface area contributed by atoms with Crippen LogP contribution in [0.4, 0.5) is 0 Å². The molecule has 1 saturated heterocycles. The van der Waals surface area contributed by atoms with Gasteiger partial charge in [0.1, 0.15) is 29.2 Å². The molecule has 0 radical (unpaired) electrons. The maximum atomic E-state index is 13.9. The molecule has 4 aromatic rings. The number of rotatable bonds is 16.